The number of phenolic OH excluding ortho intramolecular Hbond substituents is 3. The molecule has 8 amide bonds. The van der Waals surface area contributed by atoms with Crippen molar-refractivity contribution in [2.75, 3.05) is 43.5 Å². The number of nitrogens with one attached hydrogen (secondary N) is 9. The fourth-order valence-electron chi connectivity index (χ4n) is 12.4. The first kappa shape index (κ1) is 86.3. The Balaban J connectivity index is 1.49. The molecule has 1 saturated heterocycles. The van der Waals surface area contributed by atoms with Gasteiger partial charge >= 0.3 is 11.8 Å². The average Bonchev–Trinajstić information content (AvgIpc) is 1.63. The summed E-state index contributed by atoms with van der Waals surface area (Å²) in [6.07, 6.45) is -4.97. The molecular formula is C70H101N9O26. The predicted octanol–water partition coefficient (Wildman–Crippen LogP) is -2.09. The van der Waals surface area contributed by atoms with Gasteiger partial charge in [0.1, 0.15) is 71.1 Å². The molecule has 0 saturated carbocycles. The van der Waals surface area contributed by atoms with Gasteiger partial charge < -0.3 is 119 Å². The van der Waals surface area contributed by atoms with Crippen molar-refractivity contribution in [2.24, 2.45) is 53.3 Å². The lowest BCUT2D eigenvalue weighted by Gasteiger charge is -2.37. The summed E-state index contributed by atoms with van der Waals surface area (Å²) in [5, 5.41) is 153. The first-order valence-electron chi connectivity index (χ1n) is 34.4. The van der Waals surface area contributed by atoms with Crippen LogP contribution in [0.5, 0.6) is 23.0 Å². The Morgan fingerprint density at radius 3 is 1.92 bits per heavy atom. The van der Waals surface area contributed by atoms with Crippen LogP contribution in [0.3, 0.4) is 0 Å². The quantitative estimate of drug-likeness (QED) is 0.0371. The molecule has 35 nitrogen and oxygen atoms in total. The Morgan fingerprint density at radius 1 is 0.705 bits per heavy atom. The number of carbonyl (C=O) groups excluding carboxylic acids is 11. The van der Waals surface area contributed by atoms with Gasteiger partial charge in [-0.05, 0) is 70.3 Å². The zero-order chi connectivity index (χ0) is 79.3. The lowest BCUT2D eigenvalue weighted by molar-refractivity contribution is -0.148. The number of hydrogen-bond acceptors (Lipinski definition) is 26. The Hall–Kier alpha value is -9.36. The monoisotopic (exact) mass is 1480 g/mol. The van der Waals surface area contributed by atoms with Crippen LogP contribution in [0.1, 0.15) is 118 Å². The van der Waals surface area contributed by atoms with Crippen LogP contribution < -0.4 is 52.6 Å². The highest BCUT2D eigenvalue weighted by Crippen LogP contribution is 2.57. The minimum atomic E-state index is -2.67. The van der Waals surface area contributed by atoms with Gasteiger partial charge in [-0.2, -0.15) is 0 Å². The van der Waals surface area contributed by atoms with Crippen LogP contribution >= 0.6 is 0 Å². The normalized spacial score (nSPS) is 30.7. The molecule has 0 aromatic heterocycles. The fraction of sp³-hybridized carbons (Fsp3) is 0.600. The molecule has 1 fully saturated rings. The van der Waals surface area contributed by atoms with Gasteiger partial charge in [0.05, 0.1) is 48.7 Å². The number of rotatable bonds is 16. The summed E-state index contributed by atoms with van der Waals surface area (Å²) in [6.45, 7) is 15.2. The third-order valence-corrected chi connectivity index (χ3v) is 19.9. The highest BCUT2D eigenvalue weighted by molar-refractivity contribution is 6.24. The maximum Gasteiger partial charge on any atom is 0.336 e. The van der Waals surface area contributed by atoms with Crippen LogP contribution in [0.2, 0.25) is 0 Å². The zero-order valence-electron chi connectivity index (χ0n) is 60.7. The largest absolute Gasteiger partial charge is 0.507 e. The highest BCUT2D eigenvalue weighted by atomic mass is 16.7. The standard InChI is InChI=1S/C70H101N9O26/c1-27(2)39-22-42(84)41(26-81)75-64(97)40(74-68(101)51(69(102)103)79-65(98)43(85)24-73-66(99)47(36(11)82)76-67(100)50(78-63(39)96)58(92)55(89)37(12)83)23-72-61(94)29(4)18-15-20-71-48-49-57(91)45-44(56(48)90)46-59(35(10)54(45)88)105-70(13,60(46)93)104-21-19-38(25-80)32(7)31(6)33(8)53(87)34(9)52(86)28(3)16-14-17-30(5)62(95)77-49/h14,16-17,19,21,27-29,31-34,36,38-41,43,47,50-53,55,58,71,80-82,85-92H,15,18,20,22-26H2,1-13H3,(H,72,94)(H,73,99)(H,74,101)(H,75,97)(H,76,100)(H,77,95)(H,78,96)(H,79,98)(H,102,103)/b16-14+,21-19+,30-17-/t28-,29?,31+,32-,33-,34+,36?,38+,39?,40?,41?,43?,47?,50?,51?,52-,53-,55?,58?,70-/m0/s1. The number of phenols is 3. The fourth-order valence-corrected chi connectivity index (χ4v) is 12.4. The van der Waals surface area contributed by atoms with Crippen LogP contribution in [0.25, 0.3) is 10.8 Å². The number of ether oxygens (including phenoxy) is 2. The van der Waals surface area contributed by atoms with Gasteiger partial charge in [-0.1, -0.05) is 73.6 Å². The molecule has 4 aliphatic heterocycles. The zero-order valence-corrected chi connectivity index (χ0v) is 60.7. The summed E-state index contributed by atoms with van der Waals surface area (Å²) in [7, 11) is 0. The first-order valence-corrected chi connectivity index (χ1v) is 34.4. The minimum absolute atomic E-state index is 0.0136. The van der Waals surface area contributed by atoms with Gasteiger partial charge in [0.2, 0.25) is 35.6 Å². The van der Waals surface area contributed by atoms with E-state index < -0.39 is 250 Å². The van der Waals surface area contributed by atoms with Crippen molar-refractivity contribution in [3.05, 3.63) is 47.3 Å². The summed E-state index contributed by atoms with van der Waals surface area (Å²) in [4.78, 5) is 164. The van der Waals surface area contributed by atoms with E-state index in [4.69, 9.17) is 9.47 Å². The summed E-state index contributed by atoms with van der Waals surface area (Å²) in [5.41, 5.74) is -1.36. The number of aliphatic carboxylic acids is 1. The second-order valence-corrected chi connectivity index (χ2v) is 27.9. The lowest BCUT2D eigenvalue weighted by atomic mass is 9.72. The van der Waals surface area contributed by atoms with E-state index in [-0.39, 0.29) is 60.3 Å². The number of fused-ring (bicyclic) bond motifs is 14. The van der Waals surface area contributed by atoms with E-state index in [9.17, 15) is 119 Å². The number of β-amino-alcohol motifs (C(OH)–C–C–N with tert-alkyl or cyclic N) is 1. The van der Waals surface area contributed by atoms with Crippen molar-refractivity contribution in [3.63, 3.8) is 0 Å². The van der Waals surface area contributed by atoms with Crippen molar-refractivity contribution in [2.45, 2.75) is 182 Å². The number of aliphatic hydroxyl groups excluding tert-OH is 8. The summed E-state index contributed by atoms with van der Waals surface area (Å²) < 4.78 is 12.1. The molecule has 4 heterocycles. The number of carboxylic acids is 1. The molecule has 21 N–H and O–H groups in total. The third kappa shape index (κ3) is 20.4. The number of carboxylic acid groups (broad SMARTS) is 1. The number of benzene rings is 2. The SMILES string of the molecule is CC(=O)C(O)C(O)C1NC(=O)C(C(C)C)CC(=O)C(CO)NC(=O)C(CNC(=O)C(C)CCCNc2c3c(O)c4c(O)c(C)c5c(c4c2O)C(=O)[C@@](C)(O/C=C/[C@H](CO)[C@@H](C)[C@@H](C)[C@H](C)[C@H](O)[C@H](C)[C@@H](O)[C@@H](C)/C=C/C=C(/C)C(=O)N3)O5)NC(=O)C(C(=O)O)NC(=O)C(O)CNC(=O)C(C(C)O)NC1=O. The van der Waals surface area contributed by atoms with Crippen molar-refractivity contribution in [3.8, 4) is 23.0 Å². The molecular weight excluding hydrogens is 1380 g/mol. The van der Waals surface area contributed by atoms with Crippen molar-refractivity contribution >= 4 is 92.7 Å². The molecule has 20 atom stereocenters. The van der Waals surface area contributed by atoms with Crippen LogP contribution in [-0.4, -0.2) is 237 Å². The Bertz CT molecular complexity index is 3710. The molecule has 2 aromatic rings. The van der Waals surface area contributed by atoms with Crippen molar-refractivity contribution < 1.29 is 128 Å². The highest BCUT2D eigenvalue weighted by Gasteiger charge is 2.50. The summed E-state index contributed by atoms with van der Waals surface area (Å²) in [6, 6.07) is -11.1. The van der Waals surface area contributed by atoms with Gasteiger partial charge in [-0.3, -0.25) is 52.7 Å². The van der Waals surface area contributed by atoms with Gasteiger partial charge in [0.15, 0.2) is 17.3 Å². The second kappa shape index (κ2) is 37.1. The lowest BCUT2D eigenvalue weighted by Crippen LogP contribution is -2.63. The van der Waals surface area contributed by atoms with Crippen LogP contribution in [0, 0.1) is 60.2 Å². The maximum absolute atomic E-state index is 14.7. The van der Waals surface area contributed by atoms with Gasteiger partial charge in [0, 0.05) is 79.2 Å². The van der Waals surface area contributed by atoms with Crippen LogP contribution in [0.15, 0.2) is 36.1 Å². The maximum atomic E-state index is 14.7. The molecule has 582 valence electrons. The molecule has 35 heteroatoms. The van der Waals surface area contributed by atoms with Gasteiger partial charge in [-0.25, -0.2) is 4.79 Å². The van der Waals surface area contributed by atoms with Crippen LogP contribution in [0.4, 0.5) is 11.4 Å². The van der Waals surface area contributed by atoms with Gasteiger partial charge in [0.25, 0.3) is 23.5 Å². The summed E-state index contributed by atoms with van der Waals surface area (Å²) in [5.74, 6) is -26.8. The number of carbonyl (C=O) groups is 12. The minimum Gasteiger partial charge on any atom is -0.507 e. The molecule has 0 spiro atoms. The predicted molar refractivity (Wildman–Crippen MR) is 373 cm³/mol. The molecule has 2 aromatic carbocycles. The second-order valence-electron chi connectivity index (χ2n) is 27.9. The Kier molecular flexibility index (Phi) is 30.5. The number of anilines is 2. The number of hydrogen-bond donors (Lipinski definition) is 21. The third-order valence-electron chi connectivity index (χ3n) is 19.9. The molecule has 4 aliphatic rings. The number of Topliss-reactive ketones (excluding diaryl/α,β-unsaturated/α-hetero) is 3. The Morgan fingerprint density at radius 2 is 1.33 bits per heavy atom. The number of aliphatic hydroxyl groups is 8. The molecule has 105 heavy (non-hydrogen) atoms. The van der Waals surface area contributed by atoms with E-state index in [1.807, 2.05) is 36.7 Å². The van der Waals surface area contributed by atoms with E-state index in [1.54, 1.807) is 25.2 Å². The van der Waals surface area contributed by atoms with E-state index in [0.717, 1.165) is 20.1 Å². The Labute approximate surface area is 605 Å². The molecule has 0 aliphatic carbocycles. The molecule has 0 radical (unpaired) electrons. The summed E-state index contributed by atoms with van der Waals surface area (Å²) >= 11 is 0. The average molecular weight is 1480 g/mol. The topological polar surface area (TPSA) is 574 Å². The number of ketones is 3. The molecule has 11 unspecified atom stereocenters. The van der Waals surface area contributed by atoms with Crippen LogP contribution in [-0.2, 0) is 57.5 Å². The van der Waals surface area contributed by atoms with E-state index >= 15 is 0 Å². The number of aromatic hydroxyl groups is 3. The molecule has 5 bridgehead atoms. The number of amides is 8. The number of allylic oxidation sites excluding steroid dienone is 2. The van der Waals surface area contributed by atoms with Gasteiger partial charge in [-0.15, -0.1) is 0 Å². The van der Waals surface area contributed by atoms with Crippen molar-refractivity contribution in [1.82, 2.24) is 37.2 Å². The van der Waals surface area contributed by atoms with E-state index in [0.29, 0.717) is 0 Å². The molecule has 6 rings (SSSR count). The first-order chi connectivity index (χ1) is 49.0. The van der Waals surface area contributed by atoms with E-state index in [2.05, 4.69) is 26.6 Å². The van der Waals surface area contributed by atoms with Crippen molar-refractivity contribution in [1.29, 1.82) is 0 Å². The smallest absolute Gasteiger partial charge is 0.336 e. The van der Waals surface area contributed by atoms with E-state index in [1.165, 1.54) is 59.8 Å².